The van der Waals surface area contributed by atoms with E-state index in [1.54, 1.807) is 24.3 Å². The second-order valence-electron chi connectivity index (χ2n) is 4.60. The second kappa shape index (κ2) is 4.77. The molecule has 5 nitrogen and oxygen atoms in total. The Morgan fingerprint density at radius 1 is 1.15 bits per heavy atom. The summed E-state index contributed by atoms with van der Waals surface area (Å²) in [5.41, 5.74) is 1.98. The Kier molecular flexibility index (Phi) is 2.95. The number of nitrogens with zero attached hydrogens (tertiary/aromatic N) is 2. The third kappa shape index (κ3) is 1.93. The molecule has 0 radical (unpaired) electrons. The number of rotatable bonds is 2. The van der Waals surface area contributed by atoms with E-state index in [1.807, 2.05) is 12.1 Å². The summed E-state index contributed by atoms with van der Waals surface area (Å²) >= 11 is 0. The van der Waals surface area contributed by atoms with Crippen molar-refractivity contribution >= 4 is 17.6 Å². The first-order chi connectivity index (χ1) is 9.68. The minimum Gasteiger partial charge on any atom is -0.480 e. The molecule has 2 heterocycles. The van der Waals surface area contributed by atoms with Crippen molar-refractivity contribution in [3.05, 3.63) is 59.9 Å². The smallest absolute Gasteiger partial charge is 0.327 e. The van der Waals surface area contributed by atoms with E-state index in [-0.39, 0.29) is 5.91 Å². The number of hydrogen-bond donors (Lipinski definition) is 1. The normalized spacial score (nSPS) is 16.8. The topological polar surface area (TPSA) is 70.5 Å². The van der Waals surface area contributed by atoms with Crippen LogP contribution in [0, 0.1) is 0 Å². The lowest BCUT2D eigenvalue weighted by molar-refractivity contribution is -0.138. The lowest BCUT2D eigenvalue weighted by Gasteiger charge is -2.22. The van der Waals surface area contributed by atoms with Gasteiger partial charge in [-0.25, -0.2) is 4.79 Å². The summed E-state index contributed by atoms with van der Waals surface area (Å²) in [5, 5.41) is 9.35. The van der Waals surface area contributed by atoms with Crippen LogP contribution in [-0.4, -0.2) is 28.0 Å². The van der Waals surface area contributed by atoms with Crippen molar-refractivity contribution in [3.8, 4) is 0 Å². The molecule has 1 N–H and O–H groups in total. The molecule has 1 aliphatic heterocycles. The van der Waals surface area contributed by atoms with Gasteiger partial charge >= 0.3 is 5.97 Å². The highest BCUT2D eigenvalue weighted by molar-refractivity contribution is 6.10. The standard InChI is InChI=1S/C15H12N2O3/c18-14(10-5-7-16-8-6-10)17-12-4-2-1-3-11(12)9-13(17)15(19)20/h1-8,13H,9H2,(H,19,20)/t13-/m0/s1. The van der Waals surface area contributed by atoms with Crippen LogP contribution in [0.15, 0.2) is 48.8 Å². The third-order valence-electron chi connectivity index (χ3n) is 3.41. The Morgan fingerprint density at radius 2 is 1.85 bits per heavy atom. The molecule has 1 aromatic carbocycles. The van der Waals surface area contributed by atoms with Gasteiger partial charge in [0.15, 0.2) is 0 Å². The van der Waals surface area contributed by atoms with E-state index in [9.17, 15) is 14.7 Å². The third-order valence-corrected chi connectivity index (χ3v) is 3.41. The van der Waals surface area contributed by atoms with Crippen molar-refractivity contribution in [2.24, 2.45) is 0 Å². The molecule has 1 aromatic heterocycles. The molecule has 0 aliphatic carbocycles. The van der Waals surface area contributed by atoms with Crippen LogP contribution in [0.1, 0.15) is 15.9 Å². The van der Waals surface area contributed by atoms with E-state index in [1.165, 1.54) is 17.3 Å². The van der Waals surface area contributed by atoms with E-state index in [0.717, 1.165) is 5.56 Å². The first-order valence-corrected chi connectivity index (χ1v) is 6.23. The zero-order valence-corrected chi connectivity index (χ0v) is 10.6. The summed E-state index contributed by atoms with van der Waals surface area (Å²) in [6.07, 6.45) is 3.37. The number of carboxylic acid groups (broad SMARTS) is 1. The molecule has 1 amide bonds. The van der Waals surface area contributed by atoms with Gasteiger partial charge < -0.3 is 5.11 Å². The molecule has 2 aromatic rings. The Labute approximate surface area is 115 Å². The van der Waals surface area contributed by atoms with Gasteiger partial charge in [0.1, 0.15) is 6.04 Å². The van der Waals surface area contributed by atoms with Crippen molar-refractivity contribution in [3.63, 3.8) is 0 Å². The number of carboxylic acids is 1. The number of carbonyl (C=O) groups excluding carboxylic acids is 1. The second-order valence-corrected chi connectivity index (χ2v) is 4.60. The maximum absolute atomic E-state index is 12.6. The van der Waals surface area contributed by atoms with Crippen LogP contribution in [0.25, 0.3) is 0 Å². The number of amides is 1. The van der Waals surface area contributed by atoms with Gasteiger partial charge in [-0.3, -0.25) is 14.7 Å². The predicted octanol–water partition coefficient (Wildman–Crippen LogP) is 1.74. The maximum atomic E-state index is 12.6. The van der Waals surface area contributed by atoms with Crippen LogP contribution in [-0.2, 0) is 11.2 Å². The number of aromatic nitrogens is 1. The molecule has 0 saturated carbocycles. The van der Waals surface area contributed by atoms with Gasteiger partial charge in [-0.05, 0) is 23.8 Å². The minimum atomic E-state index is -0.997. The van der Waals surface area contributed by atoms with E-state index >= 15 is 0 Å². The highest BCUT2D eigenvalue weighted by Gasteiger charge is 2.38. The summed E-state index contributed by atoms with van der Waals surface area (Å²) in [6, 6.07) is 9.59. The Hall–Kier alpha value is -2.69. The lowest BCUT2D eigenvalue weighted by atomic mass is 10.1. The van der Waals surface area contributed by atoms with Crippen LogP contribution in [0.3, 0.4) is 0 Å². The average molecular weight is 268 g/mol. The molecule has 0 saturated heterocycles. The number of benzene rings is 1. The van der Waals surface area contributed by atoms with Gasteiger partial charge in [0, 0.05) is 30.1 Å². The molecule has 0 fully saturated rings. The number of fused-ring (bicyclic) bond motifs is 1. The van der Waals surface area contributed by atoms with Crippen LogP contribution in [0.2, 0.25) is 0 Å². The molecule has 0 spiro atoms. The van der Waals surface area contributed by atoms with Crippen molar-refractivity contribution in [1.82, 2.24) is 4.98 Å². The number of para-hydroxylation sites is 1. The molecule has 3 rings (SSSR count). The zero-order valence-electron chi connectivity index (χ0n) is 10.6. The number of pyridine rings is 1. The predicted molar refractivity (Wildman–Crippen MR) is 72.6 cm³/mol. The van der Waals surface area contributed by atoms with Crippen molar-refractivity contribution < 1.29 is 14.7 Å². The fourth-order valence-electron chi connectivity index (χ4n) is 2.47. The summed E-state index contributed by atoms with van der Waals surface area (Å²) in [7, 11) is 0. The van der Waals surface area contributed by atoms with Gasteiger partial charge in [-0.2, -0.15) is 0 Å². The zero-order chi connectivity index (χ0) is 14.1. The molecular formula is C15H12N2O3. The molecule has 20 heavy (non-hydrogen) atoms. The van der Waals surface area contributed by atoms with E-state index in [4.69, 9.17) is 0 Å². The number of carbonyl (C=O) groups is 2. The fourth-order valence-corrected chi connectivity index (χ4v) is 2.47. The molecule has 1 aliphatic rings. The summed E-state index contributed by atoms with van der Waals surface area (Å²) in [4.78, 5) is 29.2. The van der Waals surface area contributed by atoms with E-state index in [0.29, 0.717) is 17.7 Å². The van der Waals surface area contributed by atoms with Gasteiger partial charge in [-0.15, -0.1) is 0 Å². The molecule has 5 heteroatoms. The van der Waals surface area contributed by atoms with Gasteiger partial charge in [0.2, 0.25) is 0 Å². The van der Waals surface area contributed by atoms with Crippen LogP contribution < -0.4 is 4.90 Å². The Morgan fingerprint density at radius 3 is 2.55 bits per heavy atom. The molecule has 0 bridgehead atoms. The number of anilines is 1. The van der Waals surface area contributed by atoms with Crippen LogP contribution in [0.4, 0.5) is 5.69 Å². The average Bonchev–Trinajstić information content (AvgIpc) is 2.87. The van der Waals surface area contributed by atoms with E-state index in [2.05, 4.69) is 4.98 Å². The van der Waals surface area contributed by atoms with Crippen LogP contribution >= 0.6 is 0 Å². The number of hydrogen-bond acceptors (Lipinski definition) is 3. The fraction of sp³-hybridized carbons (Fsp3) is 0.133. The quantitative estimate of drug-likeness (QED) is 0.900. The highest BCUT2D eigenvalue weighted by atomic mass is 16.4. The largest absolute Gasteiger partial charge is 0.480 e. The first kappa shape index (κ1) is 12.3. The van der Waals surface area contributed by atoms with Crippen LogP contribution in [0.5, 0.6) is 0 Å². The lowest BCUT2D eigenvalue weighted by Crippen LogP contribution is -2.42. The monoisotopic (exact) mass is 268 g/mol. The number of aliphatic carboxylic acids is 1. The maximum Gasteiger partial charge on any atom is 0.327 e. The summed E-state index contributed by atoms with van der Waals surface area (Å²) in [6.45, 7) is 0. The van der Waals surface area contributed by atoms with Crippen molar-refractivity contribution in [1.29, 1.82) is 0 Å². The molecule has 1 atom stereocenters. The summed E-state index contributed by atoms with van der Waals surface area (Å²) < 4.78 is 0. The van der Waals surface area contributed by atoms with Crippen molar-refractivity contribution in [2.75, 3.05) is 4.90 Å². The van der Waals surface area contributed by atoms with Gasteiger partial charge in [0.25, 0.3) is 5.91 Å². The molecule has 100 valence electrons. The van der Waals surface area contributed by atoms with Crippen molar-refractivity contribution in [2.45, 2.75) is 12.5 Å². The molecular weight excluding hydrogens is 256 g/mol. The Balaban J connectivity index is 2.05. The highest BCUT2D eigenvalue weighted by Crippen LogP contribution is 2.33. The molecule has 0 unspecified atom stereocenters. The Bertz CT molecular complexity index is 670. The first-order valence-electron chi connectivity index (χ1n) is 6.23. The minimum absolute atomic E-state index is 0.315. The van der Waals surface area contributed by atoms with Gasteiger partial charge in [-0.1, -0.05) is 18.2 Å². The van der Waals surface area contributed by atoms with Gasteiger partial charge in [0.05, 0.1) is 0 Å². The SMILES string of the molecule is O=C(O)[C@@H]1Cc2ccccc2N1C(=O)c1ccncc1. The summed E-state index contributed by atoms with van der Waals surface area (Å²) in [5.74, 6) is -1.31. The van der Waals surface area contributed by atoms with E-state index < -0.39 is 12.0 Å².